The number of fused-ring (bicyclic) bond motifs is 1. The Hall–Kier alpha value is -3.94. The zero-order valence-electron chi connectivity index (χ0n) is 20.0. The number of aromatic hydroxyl groups is 1. The molecule has 0 unspecified atom stereocenters. The van der Waals surface area contributed by atoms with Gasteiger partial charge in [-0.05, 0) is 56.7 Å². The molecule has 0 atom stereocenters. The third-order valence-corrected chi connectivity index (χ3v) is 4.74. The number of hydrogen-bond donors (Lipinski definition) is 2. The molecular weight excluding hydrogens is 436 g/mol. The first-order valence-corrected chi connectivity index (χ1v) is 10.9. The Morgan fingerprint density at radius 1 is 1.12 bits per heavy atom. The summed E-state index contributed by atoms with van der Waals surface area (Å²) in [5.74, 6) is 0.0587. The van der Waals surface area contributed by atoms with E-state index >= 15 is 0 Å². The smallest absolute Gasteiger partial charge is 0.407 e. The maximum Gasteiger partial charge on any atom is 0.407 e. The Labute approximate surface area is 198 Å². The van der Waals surface area contributed by atoms with Crippen molar-refractivity contribution in [2.75, 3.05) is 32.1 Å². The number of carbonyl (C=O) groups is 1. The number of alkyl carbamates (subject to hydrolysis) is 1. The van der Waals surface area contributed by atoms with Crippen LogP contribution in [0.3, 0.4) is 0 Å². The molecule has 0 aliphatic rings. The molecule has 0 saturated heterocycles. The van der Waals surface area contributed by atoms with Crippen molar-refractivity contribution in [1.29, 1.82) is 0 Å². The SMILES string of the molecule is CN(C)c1ccc(/C=C/c2oc3cc(OCCNC(=O)OC(C)(C)C)ccc3c(=O)c2O)cc1. The lowest BCUT2D eigenvalue weighted by atomic mass is 10.1. The van der Waals surface area contributed by atoms with E-state index in [-0.39, 0.29) is 29.9 Å². The van der Waals surface area contributed by atoms with Crippen molar-refractivity contribution < 1.29 is 23.8 Å². The normalized spacial score (nSPS) is 11.6. The van der Waals surface area contributed by atoms with Crippen LogP contribution in [0.5, 0.6) is 11.5 Å². The molecule has 0 radical (unpaired) electrons. The van der Waals surface area contributed by atoms with Crippen molar-refractivity contribution in [3.8, 4) is 11.5 Å². The Bertz CT molecular complexity index is 1240. The lowest BCUT2D eigenvalue weighted by Crippen LogP contribution is -2.34. The fraction of sp³-hybridized carbons (Fsp3) is 0.308. The maximum absolute atomic E-state index is 12.6. The molecule has 0 bridgehead atoms. The Morgan fingerprint density at radius 2 is 1.82 bits per heavy atom. The number of nitrogens with one attached hydrogen (secondary N) is 1. The van der Waals surface area contributed by atoms with Gasteiger partial charge in [0, 0.05) is 25.8 Å². The van der Waals surface area contributed by atoms with Crippen LogP contribution in [0, 0.1) is 0 Å². The van der Waals surface area contributed by atoms with Crippen LogP contribution in [0.15, 0.2) is 51.7 Å². The summed E-state index contributed by atoms with van der Waals surface area (Å²) in [7, 11) is 3.92. The molecule has 0 aliphatic carbocycles. The van der Waals surface area contributed by atoms with Gasteiger partial charge >= 0.3 is 6.09 Å². The highest BCUT2D eigenvalue weighted by atomic mass is 16.6. The highest BCUT2D eigenvalue weighted by Gasteiger charge is 2.16. The number of benzene rings is 2. The largest absolute Gasteiger partial charge is 0.502 e. The van der Waals surface area contributed by atoms with Gasteiger partial charge in [0.2, 0.25) is 11.2 Å². The van der Waals surface area contributed by atoms with Gasteiger partial charge in [0.25, 0.3) is 0 Å². The molecule has 2 aromatic carbocycles. The number of carbonyl (C=O) groups excluding carboxylic acids is 1. The number of rotatable bonds is 7. The molecule has 0 aliphatic heterocycles. The highest BCUT2D eigenvalue weighted by Crippen LogP contribution is 2.25. The predicted molar refractivity (Wildman–Crippen MR) is 134 cm³/mol. The van der Waals surface area contributed by atoms with Crippen molar-refractivity contribution in [2.24, 2.45) is 0 Å². The number of anilines is 1. The zero-order valence-corrected chi connectivity index (χ0v) is 20.0. The van der Waals surface area contributed by atoms with Crippen LogP contribution in [0.4, 0.5) is 10.5 Å². The minimum atomic E-state index is -0.575. The summed E-state index contributed by atoms with van der Waals surface area (Å²) in [5.41, 5.74) is 1.13. The summed E-state index contributed by atoms with van der Waals surface area (Å²) in [6.07, 6.45) is 2.79. The Balaban J connectivity index is 1.71. The van der Waals surface area contributed by atoms with E-state index in [1.165, 1.54) is 6.07 Å². The fourth-order valence-electron chi connectivity index (χ4n) is 3.08. The Morgan fingerprint density at radius 3 is 2.47 bits per heavy atom. The molecule has 2 N–H and O–H groups in total. The van der Waals surface area contributed by atoms with Crippen molar-refractivity contribution in [1.82, 2.24) is 5.32 Å². The number of hydrogen-bond acceptors (Lipinski definition) is 7. The molecule has 8 heteroatoms. The van der Waals surface area contributed by atoms with Crippen LogP contribution in [0.1, 0.15) is 32.1 Å². The second-order valence-electron chi connectivity index (χ2n) is 8.90. The molecular formula is C26H30N2O6. The van der Waals surface area contributed by atoms with Gasteiger partial charge in [-0.2, -0.15) is 0 Å². The van der Waals surface area contributed by atoms with Gasteiger partial charge < -0.3 is 29.2 Å². The maximum atomic E-state index is 12.6. The highest BCUT2D eigenvalue weighted by molar-refractivity contribution is 5.82. The van der Waals surface area contributed by atoms with Crippen molar-refractivity contribution >= 4 is 34.9 Å². The second kappa shape index (κ2) is 10.3. The van der Waals surface area contributed by atoms with Crippen LogP contribution < -0.4 is 20.4 Å². The summed E-state index contributed by atoms with van der Waals surface area (Å²) < 4.78 is 16.6. The van der Waals surface area contributed by atoms with E-state index in [4.69, 9.17) is 13.9 Å². The van der Waals surface area contributed by atoms with Crippen LogP contribution in [0.25, 0.3) is 23.1 Å². The quantitative estimate of drug-likeness (QED) is 0.489. The van der Waals surface area contributed by atoms with E-state index in [2.05, 4.69) is 5.32 Å². The van der Waals surface area contributed by atoms with Gasteiger partial charge in [-0.15, -0.1) is 0 Å². The summed E-state index contributed by atoms with van der Waals surface area (Å²) in [4.78, 5) is 26.3. The van der Waals surface area contributed by atoms with Gasteiger partial charge in [0.1, 0.15) is 23.5 Å². The van der Waals surface area contributed by atoms with Crippen LogP contribution in [-0.2, 0) is 4.74 Å². The first-order chi connectivity index (χ1) is 16.0. The first kappa shape index (κ1) is 24.7. The van der Waals surface area contributed by atoms with Crippen LogP contribution >= 0.6 is 0 Å². The van der Waals surface area contributed by atoms with E-state index in [0.29, 0.717) is 5.75 Å². The molecule has 8 nitrogen and oxygen atoms in total. The standard InChI is InChI=1S/C26H30N2O6/c1-26(2,3)34-25(31)27-14-15-32-19-11-12-20-22(16-19)33-21(24(30)23(20)29)13-8-17-6-9-18(10-7-17)28(4)5/h6-13,16,30H,14-15H2,1-5H3,(H,27,31)/b13-8+. The Kier molecular flexibility index (Phi) is 7.50. The van der Waals surface area contributed by atoms with E-state index in [1.54, 1.807) is 45.1 Å². The lowest BCUT2D eigenvalue weighted by molar-refractivity contribution is 0.0520. The van der Waals surface area contributed by atoms with Gasteiger partial charge in [0.15, 0.2) is 5.76 Å². The molecule has 3 aromatic rings. The van der Waals surface area contributed by atoms with E-state index < -0.39 is 22.9 Å². The second-order valence-corrected chi connectivity index (χ2v) is 8.90. The molecule has 34 heavy (non-hydrogen) atoms. The lowest BCUT2D eigenvalue weighted by Gasteiger charge is -2.19. The van der Waals surface area contributed by atoms with Crippen molar-refractivity contribution in [3.63, 3.8) is 0 Å². The molecule has 1 aromatic heterocycles. The molecule has 0 saturated carbocycles. The molecule has 1 heterocycles. The number of nitrogens with zero attached hydrogens (tertiary/aromatic N) is 1. The predicted octanol–water partition coefficient (Wildman–Crippen LogP) is 4.64. The van der Waals surface area contributed by atoms with Gasteiger partial charge in [-0.1, -0.05) is 18.2 Å². The third kappa shape index (κ3) is 6.54. The van der Waals surface area contributed by atoms with Crippen molar-refractivity contribution in [2.45, 2.75) is 26.4 Å². The topological polar surface area (TPSA) is 101 Å². The first-order valence-electron chi connectivity index (χ1n) is 10.9. The number of amides is 1. The average molecular weight is 467 g/mol. The monoisotopic (exact) mass is 466 g/mol. The molecule has 180 valence electrons. The summed E-state index contributed by atoms with van der Waals surface area (Å²) >= 11 is 0. The summed E-state index contributed by atoms with van der Waals surface area (Å²) in [5, 5.41) is 13.2. The minimum Gasteiger partial charge on any atom is -0.502 e. The molecule has 1 amide bonds. The summed E-state index contributed by atoms with van der Waals surface area (Å²) in [6.45, 7) is 5.80. The van der Waals surface area contributed by atoms with Crippen molar-refractivity contribution in [3.05, 3.63) is 64.0 Å². The van der Waals surface area contributed by atoms with Gasteiger partial charge in [0.05, 0.1) is 11.9 Å². The van der Waals surface area contributed by atoms with E-state index in [1.807, 2.05) is 43.3 Å². The zero-order chi connectivity index (χ0) is 24.9. The van der Waals surface area contributed by atoms with E-state index in [0.717, 1.165) is 11.3 Å². The summed E-state index contributed by atoms with van der Waals surface area (Å²) in [6, 6.07) is 12.5. The van der Waals surface area contributed by atoms with Crippen LogP contribution in [0.2, 0.25) is 0 Å². The third-order valence-electron chi connectivity index (χ3n) is 4.74. The number of ether oxygens (including phenoxy) is 2. The van der Waals surface area contributed by atoms with Crippen LogP contribution in [-0.4, -0.2) is 44.0 Å². The molecule has 0 fully saturated rings. The molecule has 0 spiro atoms. The van der Waals surface area contributed by atoms with Gasteiger partial charge in [-0.25, -0.2) is 4.79 Å². The fourth-order valence-corrected chi connectivity index (χ4v) is 3.08. The van der Waals surface area contributed by atoms with Gasteiger partial charge in [-0.3, -0.25) is 4.79 Å². The minimum absolute atomic E-state index is 0.0536. The molecule has 3 rings (SSSR count). The average Bonchev–Trinajstić information content (AvgIpc) is 2.77. The van der Waals surface area contributed by atoms with E-state index in [9.17, 15) is 14.7 Å².